The molecule has 0 aliphatic heterocycles. The maximum atomic E-state index is 2.34. The molecule has 0 amide bonds. The second kappa shape index (κ2) is 6.52. The Morgan fingerprint density at radius 1 is 0.864 bits per heavy atom. The number of fused-ring (bicyclic) bond motifs is 1. The summed E-state index contributed by atoms with van der Waals surface area (Å²) in [5.41, 5.74) is 8.61. The minimum atomic E-state index is 0.216. The van der Waals surface area contributed by atoms with Gasteiger partial charge in [-0.2, -0.15) is 0 Å². The van der Waals surface area contributed by atoms with E-state index in [9.17, 15) is 0 Å². The number of rotatable bonds is 1. The van der Waals surface area contributed by atoms with Crippen LogP contribution in [0.5, 0.6) is 0 Å². The summed E-state index contributed by atoms with van der Waals surface area (Å²) in [7, 11) is 0. The third-order valence-electron chi connectivity index (χ3n) is 4.12. The molecule has 1 aliphatic carbocycles. The zero-order chi connectivity index (χ0) is 16.3. The zero-order valence-electron chi connectivity index (χ0n) is 14.8. The van der Waals surface area contributed by atoms with E-state index in [2.05, 4.69) is 76.2 Å². The van der Waals surface area contributed by atoms with E-state index in [1.165, 1.54) is 33.4 Å². The molecule has 0 heterocycles. The van der Waals surface area contributed by atoms with Crippen LogP contribution in [0.15, 0.2) is 48.0 Å². The lowest BCUT2D eigenvalue weighted by molar-refractivity contribution is 0.590. The van der Waals surface area contributed by atoms with Gasteiger partial charge in [-0.15, -0.1) is 0 Å². The van der Waals surface area contributed by atoms with Crippen LogP contribution in [0.4, 0.5) is 0 Å². The van der Waals surface area contributed by atoms with E-state index < -0.39 is 0 Å². The van der Waals surface area contributed by atoms with Crippen LogP contribution in [0.3, 0.4) is 0 Å². The molecule has 0 aromatic heterocycles. The summed E-state index contributed by atoms with van der Waals surface area (Å²) >= 11 is 0. The first-order chi connectivity index (χ1) is 10.4. The molecule has 0 spiro atoms. The van der Waals surface area contributed by atoms with Crippen LogP contribution in [-0.2, 0) is 11.8 Å². The summed E-state index contributed by atoms with van der Waals surface area (Å²) < 4.78 is 0. The second-order valence-corrected chi connectivity index (χ2v) is 6.87. The fourth-order valence-corrected chi connectivity index (χ4v) is 2.94. The summed E-state index contributed by atoms with van der Waals surface area (Å²) in [6.07, 6.45) is 3.44. The Bertz CT molecular complexity index is 664. The Morgan fingerprint density at radius 3 is 2.09 bits per heavy atom. The largest absolute Gasteiger partial charge is 0.0683 e. The van der Waals surface area contributed by atoms with Crippen LogP contribution in [0.2, 0.25) is 0 Å². The number of hydrogen-bond acceptors (Lipinski definition) is 0. The predicted molar refractivity (Wildman–Crippen MR) is 99.3 cm³/mol. The van der Waals surface area contributed by atoms with E-state index in [1.54, 1.807) is 0 Å². The lowest BCUT2D eigenvalue weighted by Gasteiger charge is -2.19. The molecule has 0 saturated heterocycles. The molecule has 116 valence electrons. The van der Waals surface area contributed by atoms with E-state index in [4.69, 9.17) is 0 Å². The van der Waals surface area contributed by atoms with Crippen LogP contribution >= 0.6 is 0 Å². The SMILES string of the molecule is CC.CC1=Cc2c(cccc2-c2ccc(C(C)(C)C)cc2)C1. The highest BCUT2D eigenvalue weighted by Gasteiger charge is 2.16. The molecule has 0 radical (unpaired) electrons. The summed E-state index contributed by atoms with van der Waals surface area (Å²) in [5.74, 6) is 0. The molecule has 22 heavy (non-hydrogen) atoms. The monoisotopic (exact) mass is 292 g/mol. The lowest BCUT2D eigenvalue weighted by Crippen LogP contribution is -2.10. The van der Waals surface area contributed by atoms with Crippen LogP contribution in [-0.4, -0.2) is 0 Å². The summed E-state index contributed by atoms with van der Waals surface area (Å²) in [4.78, 5) is 0. The van der Waals surface area contributed by atoms with Gasteiger partial charge >= 0.3 is 0 Å². The Labute approximate surface area is 135 Å². The molecule has 2 aromatic carbocycles. The Hall–Kier alpha value is -1.82. The van der Waals surface area contributed by atoms with Gasteiger partial charge in [0.25, 0.3) is 0 Å². The number of hydrogen-bond donors (Lipinski definition) is 0. The van der Waals surface area contributed by atoms with Gasteiger partial charge in [0.15, 0.2) is 0 Å². The topological polar surface area (TPSA) is 0 Å². The van der Waals surface area contributed by atoms with Crippen molar-refractivity contribution >= 4 is 6.08 Å². The minimum absolute atomic E-state index is 0.216. The van der Waals surface area contributed by atoms with Gasteiger partial charge in [-0.25, -0.2) is 0 Å². The maximum absolute atomic E-state index is 2.34. The van der Waals surface area contributed by atoms with Gasteiger partial charge in [0.1, 0.15) is 0 Å². The highest BCUT2D eigenvalue weighted by Crippen LogP contribution is 2.34. The van der Waals surface area contributed by atoms with Gasteiger partial charge in [0.2, 0.25) is 0 Å². The summed E-state index contributed by atoms with van der Waals surface area (Å²) in [6, 6.07) is 15.7. The molecule has 0 N–H and O–H groups in total. The smallest absolute Gasteiger partial charge is 0.00604 e. The average Bonchev–Trinajstić information content (AvgIpc) is 2.88. The van der Waals surface area contributed by atoms with Crippen molar-refractivity contribution in [2.45, 2.75) is 53.4 Å². The molecule has 0 bridgehead atoms. The fourth-order valence-electron chi connectivity index (χ4n) is 2.94. The Morgan fingerprint density at radius 2 is 1.50 bits per heavy atom. The summed E-state index contributed by atoms with van der Waals surface area (Å²) in [5, 5.41) is 0. The first-order valence-electron chi connectivity index (χ1n) is 8.35. The van der Waals surface area contributed by atoms with Crippen molar-refractivity contribution < 1.29 is 0 Å². The van der Waals surface area contributed by atoms with Crippen molar-refractivity contribution in [3.8, 4) is 11.1 Å². The van der Waals surface area contributed by atoms with Gasteiger partial charge in [0, 0.05) is 0 Å². The van der Waals surface area contributed by atoms with Gasteiger partial charge in [-0.05, 0) is 46.6 Å². The first-order valence-corrected chi connectivity index (χ1v) is 8.35. The van der Waals surface area contributed by atoms with Crippen molar-refractivity contribution in [1.82, 2.24) is 0 Å². The molecule has 0 unspecified atom stereocenters. The predicted octanol–water partition coefficient (Wildman–Crippen LogP) is 6.64. The van der Waals surface area contributed by atoms with Crippen LogP contribution in [0.25, 0.3) is 17.2 Å². The standard InChI is InChI=1S/C20H22.C2H6/c1-14-12-16-6-5-7-18(19(16)13-14)15-8-10-17(11-9-15)20(2,3)4;1-2/h5-11,13H,12H2,1-4H3;1-2H3. The molecule has 0 atom stereocenters. The van der Waals surface area contributed by atoms with Crippen molar-refractivity contribution in [2.24, 2.45) is 0 Å². The van der Waals surface area contributed by atoms with Gasteiger partial charge in [-0.3, -0.25) is 0 Å². The van der Waals surface area contributed by atoms with E-state index in [-0.39, 0.29) is 5.41 Å². The van der Waals surface area contributed by atoms with Crippen molar-refractivity contribution in [3.63, 3.8) is 0 Å². The quantitative estimate of drug-likeness (QED) is 0.553. The Kier molecular flexibility index (Phi) is 4.90. The normalized spacial score (nSPS) is 13.1. The molecule has 2 aromatic rings. The van der Waals surface area contributed by atoms with Crippen molar-refractivity contribution in [2.75, 3.05) is 0 Å². The zero-order valence-corrected chi connectivity index (χ0v) is 14.8. The van der Waals surface area contributed by atoms with E-state index >= 15 is 0 Å². The number of benzene rings is 2. The van der Waals surface area contributed by atoms with Crippen LogP contribution in [0.1, 0.15) is 58.2 Å². The molecule has 0 nitrogen and oxygen atoms in total. The Balaban J connectivity index is 0.000000847. The van der Waals surface area contributed by atoms with Gasteiger partial charge < -0.3 is 0 Å². The summed E-state index contributed by atoms with van der Waals surface area (Å²) in [6.45, 7) is 13.0. The highest BCUT2D eigenvalue weighted by molar-refractivity contribution is 5.80. The molecular weight excluding hydrogens is 264 g/mol. The van der Waals surface area contributed by atoms with Gasteiger partial charge in [0.05, 0.1) is 0 Å². The third kappa shape index (κ3) is 3.32. The highest BCUT2D eigenvalue weighted by atomic mass is 14.2. The van der Waals surface area contributed by atoms with E-state index in [0.29, 0.717) is 0 Å². The molecule has 3 rings (SSSR count). The third-order valence-corrected chi connectivity index (χ3v) is 4.12. The lowest BCUT2D eigenvalue weighted by atomic mass is 9.86. The minimum Gasteiger partial charge on any atom is -0.0683 e. The molecule has 0 heteroatoms. The fraction of sp³-hybridized carbons (Fsp3) is 0.364. The molecule has 0 saturated carbocycles. The second-order valence-electron chi connectivity index (χ2n) is 6.87. The molecule has 0 fully saturated rings. The van der Waals surface area contributed by atoms with Gasteiger partial charge in [-0.1, -0.05) is 88.7 Å². The van der Waals surface area contributed by atoms with Crippen molar-refractivity contribution in [3.05, 3.63) is 64.7 Å². The molecular formula is C22H28. The van der Waals surface area contributed by atoms with Crippen LogP contribution in [0, 0.1) is 0 Å². The number of allylic oxidation sites excluding steroid dienone is 1. The maximum Gasteiger partial charge on any atom is -0.00604 e. The van der Waals surface area contributed by atoms with Crippen LogP contribution < -0.4 is 0 Å². The average molecular weight is 292 g/mol. The molecule has 1 aliphatic rings. The first kappa shape index (κ1) is 16.5. The van der Waals surface area contributed by atoms with E-state index in [1.807, 2.05) is 13.8 Å². The van der Waals surface area contributed by atoms with E-state index in [0.717, 1.165) is 6.42 Å². The van der Waals surface area contributed by atoms with Crippen molar-refractivity contribution in [1.29, 1.82) is 0 Å².